The molecule has 1 heterocycles. The van der Waals surface area contributed by atoms with E-state index in [4.69, 9.17) is 14.2 Å². The van der Waals surface area contributed by atoms with E-state index in [9.17, 15) is 4.79 Å². The third kappa shape index (κ3) is 5.97. The Bertz CT molecular complexity index is 1540. The van der Waals surface area contributed by atoms with Crippen LogP contribution >= 0.6 is 34.4 Å². The van der Waals surface area contributed by atoms with Gasteiger partial charge in [0.2, 0.25) is 0 Å². The van der Waals surface area contributed by atoms with Gasteiger partial charge >= 0.3 is 0 Å². The zero-order valence-electron chi connectivity index (χ0n) is 20.9. The van der Waals surface area contributed by atoms with Crippen LogP contribution < -0.4 is 19.5 Å². The van der Waals surface area contributed by atoms with E-state index in [0.29, 0.717) is 34.8 Å². The molecule has 1 N–H and O–H groups in total. The number of amidine groups is 1. The van der Waals surface area contributed by atoms with Crippen molar-refractivity contribution in [3.63, 3.8) is 0 Å². The lowest BCUT2D eigenvalue weighted by atomic mass is 10.1. The first-order valence-electron chi connectivity index (χ1n) is 12.0. The molecule has 0 bridgehead atoms. The van der Waals surface area contributed by atoms with Crippen LogP contribution in [0, 0.1) is 3.57 Å². The summed E-state index contributed by atoms with van der Waals surface area (Å²) in [6.45, 7) is 2.96. The number of fused-ring (bicyclic) bond motifs is 1. The molecule has 1 saturated heterocycles. The van der Waals surface area contributed by atoms with Crippen molar-refractivity contribution >= 4 is 68.0 Å². The lowest BCUT2D eigenvalue weighted by Crippen LogP contribution is -2.19. The first-order chi connectivity index (χ1) is 18.5. The average molecular weight is 637 g/mol. The Labute approximate surface area is 239 Å². The monoisotopic (exact) mass is 636 g/mol. The minimum atomic E-state index is -0.190. The van der Waals surface area contributed by atoms with Crippen molar-refractivity contribution < 1.29 is 19.0 Å². The largest absolute Gasteiger partial charge is 0.494 e. The minimum absolute atomic E-state index is 0.190. The van der Waals surface area contributed by atoms with Crippen molar-refractivity contribution in [1.29, 1.82) is 0 Å². The van der Waals surface area contributed by atoms with Crippen LogP contribution in [0.15, 0.2) is 88.8 Å². The number of ether oxygens (including phenoxy) is 3. The fourth-order valence-corrected chi connectivity index (χ4v) is 5.69. The normalized spacial score (nSPS) is 15.2. The molecule has 1 aliphatic heterocycles. The molecule has 38 heavy (non-hydrogen) atoms. The number of thioether (sulfide) groups is 1. The highest BCUT2D eigenvalue weighted by atomic mass is 127. The van der Waals surface area contributed by atoms with Crippen LogP contribution in [0.25, 0.3) is 16.8 Å². The first kappa shape index (κ1) is 26.1. The van der Waals surface area contributed by atoms with Gasteiger partial charge in [-0.1, -0.05) is 42.5 Å². The zero-order valence-corrected chi connectivity index (χ0v) is 23.8. The molecule has 1 fully saturated rings. The molecule has 6 nitrogen and oxygen atoms in total. The molecule has 0 spiro atoms. The molecule has 192 valence electrons. The van der Waals surface area contributed by atoms with E-state index in [0.717, 1.165) is 31.5 Å². The molecule has 4 aromatic rings. The van der Waals surface area contributed by atoms with Crippen molar-refractivity contribution in [2.75, 3.05) is 13.7 Å². The van der Waals surface area contributed by atoms with Gasteiger partial charge in [-0.3, -0.25) is 4.79 Å². The standard InChI is InChI=1S/C30H25IN2O4S/c1-3-36-23-13-11-22(12-14-23)32-30-33-29(34)27(38-30)17-19-15-25(31)28(26(16-19)35-2)37-18-21-9-6-8-20-7-4-5-10-24(20)21/h4-17H,3,18H2,1-2H3,(H,32,33,34)/b27-17-. The van der Waals surface area contributed by atoms with Crippen LogP contribution in [0.1, 0.15) is 18.1 Å². The van der Waals surface area contributed by atoms with Crippen LogP contribution in [0.3, 0.4) is 0 Å². The highest BCUT2D eigenvalue weighted by Crippen LogP contribution is 2.37. The lowest BCUT2D eigenvalue weighted by Gasteiger charge is -2.15. The van der Waals surface area contributed by atoms with Gasteiger partial charge in [-0.2, -0.15) is 0 Å². The van der Waals surface area contributed by atoms with Gasteiger partial charge in [0.05, 0.1) is 27.9 Å². The van der Waals surface area contributed by atoms with Gasteiger partial charge in [0.25, 0.3) is 5.91 Å². The van der Waals surface area contributed by atoms with E-state index in [1.54, 1.807) is 7.11 Å². The van der Waals surface area contributed by atoms with E-state index in [1.165, 1.54) is 17.1 Å². The molecule has 0 aliphatic carbocycles. The predicted octanol–water partition coefficient (Wildman–Crippen LogP) is 7.32. The molecule has 1 aliphatic rings. The van der Waals surface area contributed by atoms with Crippen molar-refractivity contribution in [3.05, 3.63) is 98.5 Å². The third-order valence-corrected chi connectivity index (χ3v) is 7.54. The molecule has 1 amide bonds. The Morgan fingerprint density at radius 3 is 2.58 bits per heavy atom. The maximum atomic E-state index is 12.6. The van der Waals surface area contributed by atoms with Crippen LogP contribution in [0.5, 0.6) is 17.2 Å². The molecule has 0 saturated carbocycles. The Morgan fingerprint density at radius 2 is 1.79 bits per heavy atom. The SMILES string of the molecule is CCOc1ccc(N=C2NC(=O)/C(=C/c3cc(I)c(OCc4cccc5ccccc45)c(OC)c3)S2)cc1. The number of nitrogens with zero attached hydrogens (tertiary/aromatic N) is 1. The second-order valence-corrected chi connectivity index (χ2v) is 10.6. The van der Waals surface area contributed by atoms with Crippen LogP contribution in [-0.2, 0) is 11.4 Å². The average Bonchev–Trinajstić information content (AvgIpc) is 3.27. The van der Waals surface area contributed by atoms with Crippen LogP contribution in [0.2, 0.25) is 0 Å². The van der Waals surface area contributed by atoms with E-state index < -0.39 is 0 Å². The Kier molecular flexibility index (Phi) is 8.19. The summed E-state index contributed by atoms with van der Waals surface area (Å²) in [5, 5.41) is 5.71. The van der Waals surface area contributed by atoms with Gasteiger partial charge in [0.15, 0.2) is 16.7 Å². The molecular formula is C30H25IN2O4S. The molecule has 0 aromatic heterocycles. The summed E-state index contributed by atoms with van der Waals surface area (Å²) in [4.78, 5) is 17.7. The highest BCUT2D eigenvalue weighted by Gasteiger charge is 2.24. The van der Waals surface area contributed by atoms with E-state index in [2.05, 4.69) is 57.2 Å². The van der Waals surface area contributed by atoms with Gasteiger partial charge in [0, 0.05) is 0 Å². The molecule has 0 atom stereocenters. The Hall–Kier alpha value is -3.50. The predicted molar refractivity (Wildman–Crippen MR) is 162 cm³/mol. The first-order valence-corrected chi connectivity index (χ1v) is 13.9. The van der Waals surface area contributed by atoms with Gasteiger partial charge in [0.1, 0.15) is 12.4 Å². The van der Waals surface area contributed by atoms with Crippen molar-refractivity contribution in [2.24, 2.45) is 4.99 Å². The molecule has 0 unspecified atom stereocenters. The van der Waals surface area contributed by atoms with Gasteiger partial charge in [-0.15, -0.1) is 0 Å². The Balaban J connectivity index is 1.33. The number of carbonyl (C=O) groups is 1. The number of carbonyl (C=O) groups excluding carboxylic acids is 1. The Morgan fingerprint density at radius 1 is 1.00 bits per heavy atom. The minimum Gasteiger partial charge on any atom is -0.494 e. The molecular weight excluding hydrogens is 611 g/mol. The molecule has 4 aromatic carbocycles. The lowest BCUT2D eigenvalue weighted by molar-refractivity contribution is -0.115. The summed E-state index contributed by atoms with van der Waals surface area (Å²) in [6, 6.07) is 25.8. The number of aliphatic imine (C=N–C) groups is 1. The van der Waals surface area contributed by atoms with Crippen LogP contribution in [-0.4, -0.2) is 24.8 Å². The summed E-state index contributed by atoms with van der Waals surface area (Å²) in [5.41, 5.74) is 2.68. The van der Waals surface area contributed by atoms with E-state index in [-0.39, 0.29) is 5.91 Å². The summed E-state index contributed by atoms with van der Waals surface area (Å²) in [5.74, 6) is 1.87. The van der Waals surface area contributed by atoms with Gasteiger partial charge in [-0.25, -0.2) is 4.99 Å². The van der Waals surface area contributed by atoms with Crippen molar-refractivity contribution in [1.82, 2.24) is 5.32 Å². The topological polar surface area (TPSA) is 69.2 Å². The van der Waals surface area contributed by atoms with E-state index >= 15 is 0 Å². The number of benzene rings is 4. The smallest absolute Gasteiger partial charge is 0.264 e. The number of hydrogen-bond donors (Lipinski definition) is 1. The number of methoxy groups -OCH3 is 1. The number of nitrogens with one attached hydrogen (secondary N) is 1. The maximum absolute atomic E-state index is 12.6. The second-order valence-electron chi connectivity index (χ2n) is 8.37. The fraction of sp³-hybridized carbons (Fsp3) is 0.133. The molecule has 8 heteroatoms. The summed E-state index contributed by atoms with van der Waals surface area (Å²) in [6.07, 6.45) is 1.83. The quantitative estimate of drug-likeness (QED) is 0.162. The highest BCUT2D eigenvalue weighted by molar-refractivity contribution is 14.1. The molecule has 0 radical (unpaired) electrons. The summed E-state index contributed by atoms with van der Waals surface area (Å²) in [7, 11) is 1.62. The summed E-state index contributed by atoms with van der Waals surface area (Å²) < 4.78 is 18.3. The third-order valence-electron chi connectivity index (χ3n) is 5.83. The fourth-order valence-electron chi connectivity index (χ4n) is 4.06. The van der Waals surface area contributed by atoms with Crippen molar-refractivity contribution in [2.45, 2.75) is 13.5 Å². The van der Waals surface area contributed by atoms with Gasteiger partial charge < -0.3 is 19.5 Å². The molecule has 5 rings (SSSR count). The maximum Gasteiger partial charge on any atom is 0.264 e. The van der Waals surface area contributed by atoms with E-state index in [1.807, 2.05) is 67.6 Å². The number of halogens is 1. The van der Waals surface area contributed by atoms with Crippen LogP contribution in [0.4, 0.5) is 5.69 Å². The number of rotatable bonds is 8. The second kappa shape index (κ2) is 11.9. The summed E-state index contributed by atoms with van der Waals surface area (Å²) >= 11 is 3.54. The zero-order chi connectivity index (χ0) is 26.5. The van der Waals surface area contributed by atoms with Gasteiger partial charge in [-0.05, 0) is 106 Å². The van der Waals surface area contributed by atoms with Crippen molar-refractivity contribution in [3.8, 4) is 17.2 Å². The number of hydrogen-bond acceptors (Lipinski definition) is 6. The number of amides is 1.